The quantitative estimate of drug-likeness (QED) is 0.392. The Morgan fingerprint density at radius 1 is 1.24 bits per heavy atom. The summed E-state index contributed by atoms with van der Waals surface area (Å²) in [6.07, 6.45) is 0. The van der Waals surface area contributed by atoms with Gasteiger partial charge in [0, 0.05) is 11.1 Å². The van der Waals surface area contributed by atoms with E-state index in [1.165, 1.54) is 29.5 Å². The number of rotatable bonds is 3. The van der Waals surface area contributed by atoms with Crippen molar-refractivity contribution in [3.63, 3.8) is 0 Å². The zero-order valence-electron chi connectivity index (χ0n) is 10.1. The van der Waals surface area contributed by atoms with Gasteiger partial charge in [-0.25, -0.2) is 4.98 Å². The molecule has 2 aromatic heterocycles. The summed E-state index contributed by atoms with van der Waals surface area (Å²) >= 11 is 13.0. The van der Waals surface area contributed by atoms with E-state index in [0.29, 0.717) is 10.2 Å². The summed E-state index contributed by atoms with van der Waals surface area (Å²) in [5.74, 6) is 0.198. The van der Waals surface area contributed by atoms with E-state index in [4.69, 9.17) is 27.9 Å². The Morgan fingerprint density at radius 3 is 2.81 bits per heavy atom. The van der Waals surface area contributed by atoms with E-state index in [1.807, 2.05) is 0 Å². The SMILES string of the molecule is O=[N+]([O-])c1cc(Cl)ccc1Oc1nc(Cl)nc2sccc12. The first-order chi connectivity index (χ1) is 10.0. The van der Waals surface area contributed by atoms with Gasteiger partial charge < -0.3 is 4.74 Å². The van der Waals surface area contributed by atoms with Crippen molar-refractivity contribution in [2.24, 2.45) is 0 Å². The van der Waals surface area contributed by atoms with Crippen molar-refractivity contribution in [2.75, 3.05) is 0 Å². The van der Waals surface area contributed by atoms with Crippen molar-refractivity contribution < 1.29 is 9.66 Å². The first-order valence-corrected chi connectivity index (χ1v) is 7.20. The second kappa shape index (κ2) is 5.44. The second-order valence-electron chi connectivity index (χ2n) is 3.91. The Morgan fingerprint density at radius 2 is 2.05 bits per heavy atom. The zero-order valence-corrected chi connectivity index (χ0v) is 12.4. The molecule has 6 nitrogen and oxygen atoms in total. The summed E-state index contributed by atoms with van der Waals surface area (Å²) in [6.45, 7) is 0. The number of nitro benzene ring substituents is 1. The monoisotopic (exact) mass is 341 g/mol. The molecule has 0 spiro atoms. The Labute approximate surface area is 132 Å². The van der Waals surface area contributed by atoms with E-state index in [2.05, 4.69) is 9.97 Å². The van der Waals surface area contributed by atoms with Gasteiger partial charge in [-0.15, -0.1) is 11.3 Å². The molecule has 2 heterocycles. The summed E-state index contributed by atoms with van der Waals surface area (Å²) in [7, 11) is 0. The number of aromatic nitrogens is 2. The Kier molecular flexibility index (Phi) is 3.62. The van der Waals surface area contributed by atoms with Gasteiger partial charge in [-0.05, 0) is 35.2 Å². The largest absolute Gasteiger partial charge is 0.431 e. The van der Waals surface area contributed by atoms with Gasteiger partial charge in [-0.1, -0.05) is 11.6 Å². The highest BCUT2D eigenvalue weighted by Gasteiger charge is 2.19. The lowest BCUT2D eigenvalue weighted by Gasteiger charge is -2.06. The third-order valence-electron chi connectivity index (χ3n) is 2.59. The van der Waals surface area contributed by atoms with Gasteiger partial charge in [0.05, 0.1) is 10.3 Å². The molecule has 0 aliphatic rings. The van der Waals surface area contributed by atoms with Crippen LogP contribution in [0.1, 0.15) is 0 Å². The molecule has 0 aliphatic carbocycles. The van der Waals surface area contributed by atoms with E-state index in [0.717, 1.165) is 0 Å². The summed E-state index contributed by atoms with van der Waals surface area (Å²) in [5, 5.41) is 13.7. The van der Waals surface area contributed by atoms with E-state index in [9.17, 15) is 10.1 Å². The fourth-order valence-corrected chi connectivity index (χ4v) is 2.84. The van der Waals surface area contributed by atoms with Crippen LogP contribution in [0.3, 0.4) is 0 Å². The maximum Gasteiger partial charge on any atom is 0.313 e. The minimum atomic E-state index is -0.575. The van der Waals surface area contributed by atoms with E-state index < -0.39 is 4.92 Å². The molecule has 106 valence electrons. The Balaban J connectivity index is 2.10. The predicted octanol–water partition coefficient (Wildman–Crippen LogP) is 4.70. The number of nitro groups is 1. The summed E-state index contributed by atoms with van der Waals surface area (Å²) in [4.78, 5) is 19.1. The molecule has 0 fully saturated rings. The fourth-order valence-electron chi connectivity index (χ4n) is 1.70. The van der Waals surface area contributed by atoms with Gasteiger partial charge in [0.25, 0.3) is 0 Å². The fraction of sp³-hybridized carbons (Fsp3) is 0. The summed E-state index contributed by atoms with van der Waals surface area (Å²) in [6, 6.07) is 5.88. The smallest absolute Gasteiger partial charge is 0.313 e. The molecular formula is C12H5Cl2N3O3S. The predicted molar refractivity (Wildman–Crippen MR) is 80.6 cm³/mol. The molecule has 0 amide bonds. The van der Waals surface area contributed by atoms with Crippen LogP contribution in [0.4, 0.5) is 5.69 Å². The van der Waals surface area contributed by atoms with Crippen LogP contribution < -0.4 is 4.74 Å². The molecule has 21 heavy (non-hydrogen) atoms. The molecule has 0 aliphatic heterocycles. The molecule has 0 unspecified atom stereocenters. The van der Waals surface area contributed by atoms with Crippen molar-refractivity contribution in [3.05, 3.63) is 50.1 Å². The highest BCUT2D eigenvalue weighted by Crippen LogP contribution is 2.36. The van der Waals surface area contributed by atoms with Crippen LogP contribution in [0.25, 0.3) is 10.2 Å². The summed E-state index contributed by atoms with van der Waals surface area (Å²) in [5.41, 5.74) is -0.249. The van der Waals surface area contributed by atoms with Crippen molar-refractivity contribution in [2.45, 2.75) is 0 Å². The average molecular weight is 342 g/mol. The minimum absolute atomic E-state index is 0.0107. The van der Waals surface area contributed by atoms with E-state index in [-0.39, 0.29) is 27.6 Å². The van der Waals surface area contributed by atoms with Gasteiger partial charge in [0.2, 0.25) is 16.9 Å². The molecule has 0 radical (unpaired) electrons. The maximum atomic E-state index is 11.1. The van der Waals surface area contributed by atoms with Gasteiger partial charge in [0.15, 0.2) is 0 Å². The number of thiophene rings is 1. The van der Waals surface area contributed by atoms with Crippen LogP contribution in [-0.2, 0) is 0 Å². The van der Waals surface area contributed by atoms with Crippen LogP contribution in [0.15, 0.2) is 29.6 Å². The number of fused-ring (bicyclic) bond motifs is 1. The molecule has 1 aromatic carbocycles. The second-order valence-corrected chi connectivity index (χ2v) is 5.58. The van der Waals surface area contributed by atoms with Crippen molar-refractivity contribution in [1.82, 2.24) is 9.97 Å². The lowest BCUT2D eigenvalue weighted by atomic mass is 10.3. The number of nitrogens with zero attached hydrogens (tertiary/aromatic N) is 3. The minimum Gasteiger partial charge on any atom is -0.431 e. The van der Waals surface area contributed by atoms with Gasteiger partial charge >= 0.3 is 5.69 Å². The number of hydrogen-bond donors (Lipinski definition) is 0. The molecule has 9 heteroatoms. The molecule has 0 saturated carbocycles. The molecule has 3 rings (SSSR count). The number of halogens is 2. The first-order valence-electron chi connectivity index (χ1n) is 5.57. The first kappa shape index (κ1) is 14.0. The third kappa shape index (κ3) is 2.76. The number of ether oxygens (including phenoxy) is 1. The molecule has 0 bridgehead atoms. The van der Waals surface area contributed by atoms with Crippen LogP contribution in [0.2, 0.25) is 10.3 Å². The van der Waals surface area contributed by atoms with Gasteiger partial charge in [0.1, 0.15) is 4.83 Å². The van der Waals surface area contributed by atoms with Crippen molar-refractivity contribution in [1.29, 1.82) is 0 Å². The van der Waals surface area contributed by atoms with E-state index in [1.54, 1.807) is 11.4 Å². The summed E-state index contributed by atoms with van der Waals surface area (Å²) < 4.78 is 5.55. The van der Waals surface area contributed by atoms with Crippen LogP contribution in [0, 0.1) is 10.1 Å². The van der Waals surface area contributed by atoms with Crippen molar-refractivity contribution in [3.8, 4) is 11.6 Å². The maximum absolute atomic E-state index is 11.1. The standard InChI is InChI=1S/C12H5Cl2N3O3S/c13-6-1-2-9(8(5-6)17(18)19)20-10-7-3-4-21-11(7)16-12(14)15-10/h1-5H. The Bertz CT molecular complexity index is 853. The zero-order chi connectivity index (χ0) is 15.0. The van der Waals surface area contributed by atoms with Crippen LogP contribution in [-0.4, -0.2) is 14.9 Å². The van der Waals surface area contributed by atoms with Crippen LogP contribution in [0.5, 0.6) is 11.6 Å². The van der Waals surface area contributed by atoms with Crippen LogP contribution >= 0.6 is 34.5 Å². The Hall–Kier alpha value is -1.96. The number of hydrogen-bond acceptors (Lipinski definition) is 6. The highest BCUT2D eigenvalue weighted by atomic mass is 35.5. The molecule has 0 saturated heterocycles. The number of benzene rings is 1. The lowest BCUT2D eigenvalue weighted by Crippen LogP contribution is -1.96. The van der Waals surface area contributed by atoms with Gasteiger partial charge in [-0.2, -0.15) is 4.98 Å². The molecule has 0 atom stereocenters. The highest BCUT2D eigenvalue weighted by molar-refractivity contribution is 7.16. The normalized spacial score (nSPS) is 10.8. The average Bonchev–Trinajstić information content (AvgIpc) is 2.88. The topological polar surface area (TPSA) is 78.2 Å². The lowest BCUT2D eigenvalue weighted by molar-refractivity contribution is -0.385. The van der Waals surface area contributed by atoms with Gasteiger partial charge in [-0.3, -0.25) is 10.1 Å². The molecule has 0 N–H and O–H groups in total. The third-order valence-corrected chi connectivity index (χ3v) is 3.80. The molecular weight excluding hydrogens is 337 g/mol. The van der Waals surface area contributed by atoms with E-state index >= 15 is 0 Å². The van der Waals surface area contributed by atoms with Crippen molar-refractivity contribution >= 4 is 50.4 Å². The molecule has 3 aromatic rings.